The number of aromatic nitrogens is 3. The molecule has 0 atom stereocenters. The zero-order chi connectivity index (χ0) is 15.3. The number of H-pyrrole nitrogens is 1. The van der Waals surface area contributed by atoms with Crippen molar-refractivity contribution >= 4 is 10.0 Å². The lowest BCUT2D eigenvalue weighted by Crippen LogP contribution is -2.26. The Bertz CT molecular complexity index is 683. The molecule has 114 valence electrons. The van der Waals surface area contributed by atoms with Gasteiger partial charge in [-0.1, -0.05) is 12.1 Å². The summed E-state index contributed by atoms with van der Waals surface area (Å²) in [5.41, 5.74) is 1.18. The van der Waals surface area contributed by atoms with E-state index in [1.165, 1.54) is 12.4 Å². The van der Waals surface area contributed by atoms with Crippen molar-refractivity contribution < 1.29 is 13.5 Å². The Balaban J connectivity index is 1.98. The standard InChI is InChI=1S/C13H18N4O3S/c1-10-11(8-18)4-2-5-12(10)21(19,20)16-7-3-6-13-14-9-15-17-13/h2,4-5,9,16,18H,3,6-8H2,1H3,(H,14,15,17). The van der Waals surface area contributed by atoms with Gasteiger partial charge in [-0.3, -0.25) is 5.10 Å². The van der Waals surface area contributed by atoms with E-state index in [9.17, 15) is 13.5 Å². The van der Waals surface area contributed by atoms with Gasteiger partial charge in [0, 0.05) is 13.0 Å². The molecule has 2 rings (SSSR count). The molecule has 0 saturated carbocycles. The second kappa shape index (κ2) is 6.79. The fourth-order valence-electron chi connectivity index (χ4n) is 2.01. The number of aromatic amines is 1. The first-order chi connectivity index (χ1) is 10.0. The number of aliphatic hydroxyl groups is 1. The summed E-state index contributed by atoms with van der Waals surface area (Å²) in [7, 11) is -3.57. The lowest BCUT2D eigenvalue weighted by atomic mass is 10.1. The first-order valence-electron chi connectivity index (χ1n) is 6.58. The molecule has 8 heteroatoms. The molecule has 0 aliphatic carbocycles. The van der Waals surface area contributed by atoms with Gasteiger partial charge in [-0.25, -0.2) is 18.1 Å². The molecule has 0 radical (unpaired) electrons. The minimum absolute atomic E-state index is 0.180. The van der Waals surface area contributed by atoms with E-state index in [1.807, 2.05) is 0 Å². The van der Waals surface area contributed by atoms with E-state index >= 15 is 0 Å². The van der Waals surface area contributed by atoms with Gasteiger partial charge in [-0.2, -0.15) is 5.10 Å². The smallest absolute Gasteiger partial charge is 0.240 e. The molecule has 2 aromatic rings. The number of hydrogen-bond acceptors (Lipinski definition) is 5. The minimum Gasteiger partial charge on any atom is -0.392 e. The number of aryl methyl sites for hydroxylation is 1. The van der Waals surface area contributed by atoms with Gasteiger partial charge in [0.1, 0.15) is 12.2 Å². The van der Waals surface area contributed by atoms with Crippen LogP contribution in [0, 0.1) is 6.92 Å². The summed E-state index contributed by atoms with van der Waals surface area (Å²) in [5.74, 6) is 0.729. The van der Waals surface area contributed by atoms with Crippen molar-refractivity contribution in [1.29, 1.82) is 0 Å². The number of aliphatic hydroxyl groups excluding tert-OH is 1. The predicted molar refractivity (Wildman–Crippen MR) is 77.0 cm³/mol. The Morgan fingerprint density at radius 3 is 2.86 bits per heavy atom. The van der Waals surface area contributed by atoms with Gasteiger partial charge in [-0.05, 0) is 30.5 Å². The Hall–Kier alpha value is -1.77. The molecule has 1 aromatic carbocycles. The minimum atomic E-state index is -3.57. The molecule has 0 fully saturated rings. The highest BCUT2D eigenvalue weighted by Gasteiger charge is 2.17. The van der Waals surface area contributed by atoms with Crippen molar-refractivity contribution in [1.82, 2.24) is 19.9 Å². The summed E-state index contributed by atoms with van der Waals surface area (Å²) in [5, 5.41) is 15.7. The van der Waals surface area contributed by atoms with Crippen LogP contribution in [-0.2, 0) is 23.1 Å². The van der Waals surface area contributed by atoms with E-state index in [2.05, 4.69) is 19.9 Å². The van der Waals surface area contributed by atoms with E-state index in [-0.39, 0.29) is 11.5 Å². The second-order valence-corrected chi connectivity index (χ2v) is 6.37. The lowest BCUT2D eigenvalue weighted by molar-refractivity contribution is 0.280. The molecule has 3 N–H and O–H groups in total. The molecule has 0 bridgehead atoms. The zero-order valence-corrected chi connectivity index (χ0v) is 12.5. The van der Waals surface area contributed by atoms with Gasteiger partial charge >= 0.3 is 0 Å². The molecule has 21 heavy (non-hydrogen) atoms. The Labute approximate surface area is 123 Å². The average Bonchev–Trinajstić information content (AvgIpc) is 2.97. The number of hydrogen-bond donors (Lipinski definition) is 3. The van der Waals surface area contributed by atoms with E-state index in [0.29, 0.717) is 30.5 Å². The van der Waals surface area contributed by atoms with Gasteiger partial charge in [-0.15, -0.1) is 0 Å². The lowest BCUT2D eigenvalue weighted by Gasteiger charge is -2.11. The molecule has 0 amide bonds. The zero-order valence-electron chi connectivity index (χ0n) is 11.7. The maximum atomic E-state index is 12.3. The van der Waals surface area contributed by atoms with Crippen molar-refractivity contribution in [3.05, 3.63) is 41.5 Å². The molecule has 0 spiro atoms. The van der Waals surface area contributed by atoms with Gasteiger partial charge in [0.05, 0.1) is 11.5 Å². The molecule has 0 aliphatic heterocycles. The molecule has 1 heterocycles. The average molecular weight is 310 g/mol. The van der Waals surface area contributed by atoms with E-state index in [1.54, 1.807) is 19.1 Å². The molecule has 7 nitrogen and oxygen atoms in total. The van der Waals surface area contributed by atoms with Crippen molar-refractivity contribution in [2.75, 3.05) is 6.54 Å². The van der Waals surface area contributed by atoms with E-state index < -0.39 is 10.0 Å². The number of sulfonamides is 1. The van der Waals surface area contributed by atoms with Crippen molar-refractivity contribution in [3.63, 3.8) is 0 Å². The quantitative estimate of drug-likeness (QED) is 0.646. The van der Waals surface area contributed by atoms with E-state index in [0.717, 1.165) is 5.82 Å². The van der Waals surface area contributed by atoms with Gasteiger partial charge < -0.3 is 5.11 Å². The fraction of sp³-hybridized carbons (Fsp3) is 0.385. The van der Waals surface area contributed by atoms with Gasteiger partial charge in [0.15, 0.2) is 0 Å². The fourth-order valence-corrected chi connectivity index (χ4v) is 3.37. The van der Waals surface area contributed by atoms with Crippen LogP contribution in [0.1, 0.15) is 23.4 Å². The molecular formula is C13H18N4O3S. The van der Waals surface area contributed by atoms with Crippen LogP contribution in [0.2, 0.25) is 0 Å². The second-order valence-electron chi connectivity index (χ2n) is 4.63. The van der Waals surface area contributed by atoms with Crippen LogP contribution < -0.4 is 4.72 Å². The highest BCUT2D eigenvalue weighted by Crippen LogP contribution is 2.18. The maximum Gasteiger partial charge on any atom is 0.240 e. The van der Waals surface area contributed by atoms with Crippen LogP contribution in [0.3, 0.4) is 0 Å². The molecule has 0 aliphatic rings. The van der Waals surface area contributed by atoms with Gasteiger partial charge in [0.2, 0.25) is 10.0 Å². The van der Waals surface area contributed by atoms with E-state index in [4.69, 9.17) is 0 Å². The van der Waals surface area contributed by atoms with Crippen molar-refractivity contribution in [2.45, 2.75) is 31.3 Å². The third-order valence-corrected chi connectivity index (χ3v) is 4.81. The van der Waals surface area contributed by atoms with Crippen LogP contribution in [-0.4, -0.2) is 35.3 Å². The summed E-state index contributed by atoms with van der Waals surface area (Å²) >= 11 is 0. The summed E-state index contributed by atoms with van der Waals surface area (Å²) in [6.07, 6.45) is 2.66. The van der Waals surface area contributed by atoms with Crippen LogP contribution in [0.5, 0.6) is 0 Å². The maximum absolute atomic E-state index is 12.3. The Kier molecular flexibility index (Phi) is 5.05. The third-order valence-electron chi connectivity index (χ3n) is 3.20. The number of benzene rings is 1. The SMILES string of the molecule is Cc1c(CO)cccc1S(=O)(=O)NCCCc1ncn[nH]1. The highest BCUT2D eigenvalue weighted by molar-refractivity contribution is 7.89. The first kappa shape index (κ1) is 15.6. The molecule has 1 aromatic heterocycles. The highest BCUT2D eigenvalue weighted by atomic mass is 32.2. The largest absolute Gasteiger partial charge is 0.392 e. The summed E-state index contributed by atoms with van der Waals surface area (Å²) in [6, 6.07) is 4.87. The summed E-state index contributed by atoms with van der Waals surface area (Å²) < 4.78 is 27.1. The predicted octanol–water partition coefficient (Wildman–Crippen LogP) is 0.517. The van der Waals surface area contributed by atoms with Crippen LogP contribution >= 0.6 is 0 Å². The van der Waals surface area contributed by atoms with Crippen molar-refractivity contribution in [2.24, 2.45) is 0 Å². The monoisotopic (exact) mass is 310 g/mol. The first-order valence-corrected chi connectivity index (χ1v) is 8.06. The Morgan fingerprint density at radius 1 is 1.38 bits per heavy atom. The summed E-state index contributed by atoms with van der Waals surface area (Å²) in [4.78, 5) is 4.18. The topological polar surface area (TPSA) is 108 Å². The van der Waals surface area contributed by atoms with Crippen LogP contribution in [0.25, 0.3) is 0 Å². The van der Waals surface area contributed by atoms with Gasteiger partial charge in [0.25, 0.3) is 0 Å². The summed E-state index contributed by atoms with van der Waals surface area (Å²) in [6.45, 7) is 1.82. The normalized spacial score (nSPS) is 11.7. The molecule has 0 saturated heterocycles. The Morgan fingerprint density at radius 2 is 2.19 bits per heavy atom. The number of nitrogens with zero attached hydrogens (tertiary/aromatic N) is 2. The molecule has 0 unspecified atom stereocenters. The van der Waals surface area contributed by atoms with Crippen LogP contribution in [0.15, 0.2) is 29.4 Å². The molecular weight excluding hydrogens is 292 g/mol. The van der Waals surface area contributed by atoms with Crippen LogP contribution in [0.4, 0.5) is 0 Å². The number of nitrogens with one attached hydrogen (secondary N) is 2. The third kappa shape index (κ3) is 3.87. The van der Waals surface area contributed by atoms with Crippen molar-refractivity contribution in [3.8, 4) is 0 Å². The number of rotatable bonds is 7.